The topological polar surface area (TPSA) is 71.0 Å². The molecular formula is C16H26N2O4. The number of ether oxygens (including phenoxy) is 2. The fourth-order valence-electron chi connectivity index (χ4n) is 1.92. The van der Waals surface area contributed by atoms with E-state index in [2.05, 4.69) is 5.32 Å². The molecule has 1 aromatic carbocycles. The van der Waals surface area contributed by atoms with Crippen LogP contribution in [0.2, 0.25) is 0 Å². The Morgan fingerprint density at radius 3 is 2.82 bits per heavy atom. The first-order valence-corrected chi connectivity index (χ1v) is 7.40. The van der Waals surface area contributed by atoms with Crippen molar-refractivity contribution in [1.82, 2.24) is 4.90 Å². The Hall–Kier alpha value is -1.79. The van der Waals surface area contributed by atoms with E-state index in [0.29, 0.717) is 18.0 Å². The van der Waals surface area contributed by atoms with Gasteiger partial charge >= 0.3 is 6.03 Å². The first kappa shape index (κ1) is 18.3. The number of aryl methyl sites for hydroxylation is 1. The van der Waals surface area contributed by atoms with Gasteiger partial charge in [0, 0.05) is 14.2 Å². The molecule has 0 bridgehead atoms. The maximum atomic E-state index is 12.2. The largest absolute Gasteiger partial charge is 0.491 e. The highest BCUT2D eigenvalue weighted by atomic mass is 16.5. The quantitative estimate of drug-likeness (QED) is 0.772. The number of likely N-dealkylation sites (N-methyl/N-ethyl adjacent to an activating group) is 1. The van der Waals surface area contributed by atoms with Crippen molar-refractivity contribution in [1.29, 1.82) is 0 Å². The minimum absolute atomic E-state index is 0.188. The van der Waals surface area contributed by atoms with Gasteiger partial charge in [0.1, 0.15) is 5.75 Å². The van der Waals surface area contributed by atoms with Gasteiger partial charge in [0.25, 0.3) is 0 Å². The van der Waals surface area contributed by atoms with Crippen LogP contribution in [0.5, 0.6) is 5.75 Å². The Morgan fingerprint density at radius 1 is 1.45 bits per heavy atom. The molecule has 1 unspecified atom stereocenters. The first-order valence-electron chi connectivity index (χ1n) is 7.40. The molecule has 0 saturated carbocycles. The molecule has 6 heteroatoms. The number of rotatable bonds is 8. The molecule has 1 rings (SSSR count). The number of methoxy groups -OCH3 is 1. The number of hydrogen-bond donors (Lipinski definition) is 2. The molecule has 0 radical (unpaired) electrons. The van der Waals surface area contributed by atoms with Crippen LogP contribution in [0, 0.1) is 6.92 Å². The van der Waals surface area contributed by atoms with Gasteiger partial charge in [-0.15, -0.1) is 0 Å². The summed E-state index contributed by atoms with van der Waals surface area (Å²) in [7, 11) is 3.13. The molecule has 1 aromatic rings. The normalized spacial score (nSPS) is 11.9. The molecular weight excluding hydrogens is 284 g/mol. The second-order valence-electron chi connectivity index (χ2n) is 5.27. The van der Waals surface area contributed by atoms with Crippen molar-refractivity contribution in [3.63, 3.8) is 0 Å². The molecule has 22 heavy (non-hydrogen) atoms. The zero-order valence-corrected chi connectivity index (χ0v) is 13.8. The van der Waals surface area contributed by atoms with E-state index < -0.39 is 6.10 Å². The van der Waals surface area contributed by atoms with Crippen LogP contribution in [-0.4, -0.2) is 56.1 Å². The fraction of sp³-hybridized carbons (Fsp3) is 0.562. The zero-order valence-electron chi connectivity index (χ0n) is 13.8. The molecule has 0 aliphatic heterocycles. The lowest BCUT2D eigenvalue weighted by atomic mass is 10.2. The van der Waals surface area contributed by atoms with Gasteiger partial charge in [0.15, 0.2) is 0 Å². The van der Waals surface area contributed by atoms with Crippen molar-refractivity contribution in [3.05, 3.63) is 23.8 Å². The van der Waals surface area contributed by atoms with Crippen molar-refractivity contribution in [2.45, 2.75) is 26.4 Å². The van der Waals surface area contributed by atoms with Crippen LogP contribution in [0.4, 0.5) is 10.5 Å². The summed E-state index contributed by atoms with van der Waals surface area (Å²) in [4.78, 5) is 13.6. The average molecular weight is 310 g/mol. The maximum Gasteiger partial charge on any atom is 0.321 e. The highest BCUT2D eigenvalue weighted by molar-refractivity contribution is 5.90. The van der Waals surface area contributed by atoms with E-state index in [0.717, 1.165) is 12.0 Å². The Morgan fingerprint density at radius 2 is 2.18 bits per heavy atom. The first-order chi connectivity index (χ1) is 10.5. The summed E-state index contributed by atoms with van der Waals surface area (Å²) in [6, 6.07) is 5.32. The van der Waals surface area contributed by atoms with E-state index in [9.17, 15) is 9.90 Å². The molecule has 0 aromatic heterocycles. The van der Waals surface area contributed by atoms with E-state index in [-0.39, 0.29) is 19.2 Å². The number of nitrogens with zero attached hydrogens (tertiary/aromatic N) is 1. The number of anilines is 1. The van der Waals surface area contributed by atoms with Crippen LogP contribution in [0.15, 0.2) is 18.2 Å². The Bertz CT molecular complexity index is 479. The number of amides is 2. The molecule has 0 spiro atoms. The number of benzene rings is 1. The lowest BCUT2D eigenvalue weighted by Crippen LogP contribution is -2.38. The maximum absolute atomic E-state index is 12.2. The predicted octanol–water partition coefficient (Wildman–Crippen LogP) is 2.25. The van der Waals surface area contributed by atoms with Crippen molar-refractivity contribution < 1.29 is 19.4 Å². The highest BCUT2D eigenvalue weighted by Gasteiger charge is 2.15. The minimum Gasteiger partial charge on any atom is -0.491 e. The highest BCUT2D eigenvalue weighted by Crippen LogP contribution is 2.26. The molecule has 6 nitrogen and oxygen atoms in total. The smallest absolute Gasteiger partial charge is 0.321 e. The standard InChI is InChI=1S/C16H26N2O4/c1-5-8-22-15-9-12(2)6-7-14(15)17-16(20)18(3)10-13(19)11-21-4/h6-7,9,13,19H,5,8,10-11H2,1-4H3,(H,17,20). The molecule has 0 saturated heterocycles. The van der Waals surface area contributed by atoms with Crippen LogP contribution in [0.25, 0.3) is 0 Å². The summed E-state index contributed by atoms with van der Waals surface area (Å²) in [6.07, 6.45) is 0.180. The van der Waals surface area contributed by atoms with Gasteiger partial charge in [0.2, 0.25) is 0 Å². The SMILES string of the molecule is CCCOc1cc(C)ccc1NC(=O)N(C)CC(O)COC. The third kappa shape index (κ3) is 5.91. The molecule has 0 aliphatic rings. The molecule has 0 fully saturated rings. The number of aliphatic hydroxyl groups is 1. The van der Waals surface area contributed by atoms with Crippen LogP contribution in [0.3, 0.4) is 0 Å². The Balaban J connectivity index is 2.70. The second-order valence-corrected chi connectivity index (χ2v) is 5.27. The summed E-state index contributed by atoms with van der Waals surface area (Å²) >= 11 is 0. The Labute approximate surface area is 132 Å². The van der Waals surface area contributed by atoms with E-state index >= 15 is 0 Å². The summed E-state index contributed by atoms with van der Waals surface area (Å²) in [5.74, 6) is 0.654. The average Bonchev–Trinajstić information content (AvgIpc) is 2.47. The van der Waals surface area contributed by atoms with Crippen molar-refractivity contribution in [2.75, 3.05) is 39.2 Å². The minimum atomic E-state index is -0.713. The van der Waals surface area contributed by atoms with Gasteiger partial charge in [-0.05, 0) is 31.0 Å². The van der Waals surface area contributed by atoms with Gasteiger partial charge in [-0.25, -0.2) is 4.79 Å². The fourth-order valence-corrected chi connectivity index (χ4v) is 1.92. The monoisotopic (exact) mass is 310 g/mol. The van der Waals surface area contributed by atoms with Gasteiger partial charge < -0.3 is 24.8 Å². The lowest BCUT2D eigenvalue weighted by Gasteiger charge is -2.22. The summed E-state index contributed by atoms with van der Waals surface area (Å²) in [5.41, 5.74) is 1.69. The number of nitrogens with one attached hydrogen (secondary N) is 1. The second kappa shape index (κ2) is 9.27. The molecule has 0 aliphatic carbocycles. The summed E-state index contributed by atoms with van der Waals surface area (Å²) in [5, 5.41) is 12.5. The molecule has 2 amide bonds. The van der Waals surface area contributed by atoms with Crippen LogP contribution in [0.1, 0.15) is 18.9 Å². The van der Waals surface area contributed by atoms with E-state index in [1.165, 1.54) is 12.0 Å². The van der Waals surface area contributed by atoms with Crippen molar-refractivity contribution in [2.24, 2.45) is 0 Å². The molecule has 1 atom stereocenters. The van der Waals surface area contributed by atoms with Crippen molar-refractivity contribution in [3.8, 4) is 5.75 Å². The number of carbonyl (C=O) groups is 1. The number of urea groups is 1. The number of hydrogen-bond acceptors (Lipinski definition) is 4. The Kier molecular flexibility index (Phi) is 7.70. The number of aliphatic hydroxyl groups excluding tert-OH is 1. The van der Waals surface area contributed by atoms with Gasteiger partial charge in [-0.3, -0.25) is 0 Å². The van der Waals surface area contributed by atoms with Crippen LogP contribution in [-0.2, 0) is 4.74 Å². The molecule has 0 heterocycles. The van der Waals surface area contributed by atoms with Crippen LogP contribution >= 0.6 is 0 Å². The molecule has 2 N–H and O–H groups in total. The van der Waals surface area contributed by atoms with Gasteiger partial charge in [-0.1, -0.05) is 13.0 Å². The van der Waals surface area contributed by atoms with E-state index in [4.69, 9.17) is 9.47 Å². The van der Waals surface area contributed by atoms with Crippen LogP contribution < -0.4 is 10.1 Å². The zero-order chi connectivity index (χ0) is 16.5. The van der Waals surface area contributed by atoms with Gasteiger partial charge in [-0.2, -0.15) is 0 Å². The third-order valence-electron chi connectivity index (χ3n) is 3.03. The van der Waals surface area contributed by atoms with Gasteiger partial charge in [0.05, 0.1) is 31.5 Å². The van der Waals surface area contributed by atoms with E-state index in [1.807, 2.05) is 32.0 Å². The predicted molar refractivity (Wildman–Crippen MR) is 86.5 cm³/mol. The molecule has 124 valence electrons. The summed E-state index contributed by atoms with van der Waals surface area (Å²) in [6.45, 7) is 4.97. The van der Waals surface area contributed by atoms with Crippen molar-refractivity contribution >= 4 is 11.7 Å². The summed E-state index contributed by atoms with van der Waals surface area (Å²) < 4.78 is 10.5. The lowest BCUT2D eigenvalue weighted by molar-refractivity contribution is 0.0501. The third-order valence-corrected chi connectivity index (χ3v) is 3.03. The van der Waals surface area contributed by atoms with E-state index in [1.54, 1.807) is 7.05 Å². The number of carbonyl (C=O) groups excluding carboxylic acids is 1.